The van der Waals surface area contributed by atoms with E-state index in [1.165, 1.54) is 6.92 Å². The quantitative estimate of drug-likeness (QED) is 0.0726. The van der Waals surface area contributed by atoms with Gasteiger partial charge in [0.15, 0.2) is 31.5 Å². The molecule has 86 heavy (non-hydrogen) atoms. The highest BCUT2D eigenvalue weighted by atomic mass is 16.8. The minimum Gasteiger partial charge on any atom is -0.463 e. The van der Waals surface area contributed by atoms with Gasteiger partial charge < -0.3 is 123 Å². The van der Waals surface area contributed by atoms with Crippen molar-refractivity contribution in [3.05, 3.63) is 0 Å². The number of carbonyl (C=O) groups is 1. The minimum atomic E-state index is -1.96. The van der Waals surface area contributed by atoms with Crippen LogP contribution in [0, 0.1) is 50.2 Å². The van der Waals surface area contributed by atoms with Gasteiger partial charge in [-0.1, -0.05) is 48.5 Å². The number of hydrogen-bond acceptors (Lipinski definition) is 26. The van der Waals surface area contributed by atoms with Crippen molar-refractivity contribution in [3.63, 3.8) is 0 Å². The molecule has 0 amide bonds. The summed E-state index contributed by atoms with van der Waals surface area (Å²) in [4.78, 5) is 11.9. The first-order valence-electron chi connectivity index (χ1n) is 31.3. The molecule has 2 bridgehead atoms. The molecule has 0 radical (unpaired) electrons. The molecule has 6 saturated heterocycles. The fourth-order valence-corrected chi connectivity index (χ4v) is 19.0. The molecule has 33 atom stereocenters. The molecule has 11 rings (SSSR count). The number of aliphatic hydroxyl groups is 13. The zero-order valence-corrected chi connectivity index (χ0v) is 50.9. The van der Waals surface area contributed by atoms with Crippen LogP contribution in [0.4, 0.5) is 0 Å². The molecule has 0 aromatic heterocycles. The Morgan fingerprint density at radius 2 is 1.16 bits per heavy atom. The summed E-state index contributed by atoms with van der Waals surface area (Å²) >= 11 is 0. The average molecular weight is 1240 g/mol. The lowest BCUT2D eigenvalue weighted by atomic mass is 9.30. The SMILES string of the molecule is CC(=O)OC[C@H]1O[C@@H](O[C@H]2[C@H](O[C@H]3CC[C@]4(C)[C@H]5CC[C@]67OC[C@@]8(CCC(C)(C)C[C@H]86)[C@H](O)C[C@@]7(C)[C@]5(C)CC[C@H]4C3(C)C)OC[C@H](O[C@@H]3O[C@H](CO)[C@@H](O)[C@H](O[C@@H]4O[C@@H](C)[C@H](O)[C@@H](O)[C@H]4O)[C@H]3O[C@@H]3OC[C@@H](O)[C@H](O)[C@H]3O)[C@@H]2O)[C@H](O)[C@@H](O)[C@@H]1O. The third-order valence-corrected chi connectivity index (χ3v) is 24.2. The van der Waals surface area contributed by atoms with Crippen LogP contribution in [-0.4, -0.2) is 265 Å². The van der Waals surface area contributed by atoms with E-state index < -0.39 is 191 Å². The molecule has 6 heterocycles. The summed E-state index contributed by atoms with van der Waals surface area (Å²) < 4.78 is 74.6. The number of aliphatic hydroxyl groups excluding tert-OH is 13. The van der Waals surface area contributed by atoms with Crippen LogP contribution in [0.2, 0.25) is 0 Å². The molecule has 5 aliphatic carbocycles. The van der Waals surface area contributed by atoms with Crippen LogP contribution >= 0.6 is 0 Å². The second-order valence-electron chi connectivity index (χ2n) is 29.6. The van der Waals surface area contributed by atoms with Gasteiger partial charge in [-0.05, 0) is 111 Å². The fourth-order valence-electron chi connectivity index (χ4n) is 19.0. The zero-order valence-electron chi connectivity index (χ0n) is 50.9. The summed E-state index contributed by atoms with van der Waals surface area (Å²) in [5.74, 6) is -0.0746. The molecule has 5 saturated carbocycles. The molecule has 6 aliphatic heterocycles. The largest absolute Gasteiger partial charge is 0.463 e. The number of carbonyl (C=O) groups excluding carboxylic acids is 1. The molecule has 494 valence electrons. The predicted octanol–water partition coefficient (Wildman–Crippen LogP) is -1.65. The van der Waals surface area contributed by atoms with Gasteiger partial charge in [0.05, 0.1) is 50.3 Å². The molecule has 0 aromatic carbocycles. The van der Waals surface area contributed by atoms with Crippen LogP contribution in [-0.2, 0) is 61.6 Å². The average Bonchev–Trinajstić information content (AvgIpc) is 1.35. The number of rotatable bonds is 13. The molecule has 11 aliphatic rings. The maximum absolute atomic E-state index is 12.8. The lowest BCUT2D eigenvalue weighted by Crippen LogP contribution is -2.74. The molecular weight excluding hydrogens is 1140 g/mol. The Morgan fingerprint density at radius 1 is 0.535 bits per heavy atom. The number of ether oxygens (including phenoxy) is 12. The highest BCUT2D eigenvalue weighted by Crippen LogP contribution is 2.80. The van der Waals surface area contributed by atoms with E-state index in [0.717, 1.165) is 58.3 Å². The summed E-state index contributed by atoms with van der Waals surface area (Å²) in [6, 6.07) is 0. The van der Waals surface area contributed by atoms with E-state index in [2.05, 4.69) is 48.5 Å². The van der Waals surface area contributed by atoms with Gasteiger partial charge in [-0.2, -0.15) is 0 Å². The molecule has 26 heteroatoms. The first kappa shape index (κ1) is 66.0. The van der Waals surface area contributed by atoms with Crippen molar-refractivity contribution in [2.75, 3.05) is 33.0 Å². The molecular formula is C60H98O26. The van der Waals surface area contributed by atoms with Crippen molar-refractivity contribution in [1.82, 2.24) is 0 Å². The second-order valence-corrected chi connectivity index (χ2v) is 29.6. The van der Waals surface area contributed by atoms with Crippen molar-refractivity contribution in [3.8, 4) is 0 Å². The Labute approximate surface area is 501 Å². The summed E-state index contributed by atoms with van der Waals surface area (Å²) in [6.45, 7) is 17.0. The monoisotopic (exact) mass is 1230 g/mol. The van der Waals surface area contributed by atoms with E-state index in [9.17, 15) is 71.2 Å². The highest BCUT2D eigenvalue weighted by Gasteiger charge is 2.80. The van der Waals surface area contributed by atoms with E-state index in [-0.39, 0.29) is 50.4 Å². The van der Waals surface area contributed by atoms with Crippen molar-refractivity contribution in [2.24, 2.45) is 50.2 Å². The van der Waals surface area contributed by atoms with Crippen molar-refractivity contribution < 1.29 is 128 Å². The first-order valence-corrected chi connectivity index (χ1v) is 31.3. The van der Waals surface area contributed by atoms with Crippen LogP contribution in [0.1, 0.15) is 127 Å². The lowest BCUT2D eigenvalue weighted by Gasteiger charge is -2.75. The summed E-state index contributed by atoms with van der Waals surface area (Å²) in [6.07, 6.45) is -32.1. The van der Waals surface area contributed by atoms with Gasteiger partial charge in [0.1, 0.15) is 110 Å². The van der Waals surface area contributed by atoms with Gasteiger partial charge in [-0.15, -0.1) is 0 Å². The minimum absolute atomic E-state index is 0.111. The van der Waals surface area contributed by atoms with Crippen molar-refractivity contribution in [2.45, 2.75) is 286 Å². The van der Waals surface area contributed by atoms with Gasteiger partial charge in [-0.3, -0.25) is 4.79 Å². The van der Waals surface area contributed by atoms with Crippen LogP contribution in [0.25, 0.3) is 0 Å². The Hall–Kier alpha value is -1.49. The Balaban J connectivity index is 0.876. The number of hydrogen-bond donors (Lipinski definition) is 13. The number of esters is 1. The van der Waals surface area contributed by atoms with E-state index in [0.29, 0.717) is 19.4 Å². The Morgan fingerprint density at radius 3 is 1.86 bits per heavy atom. The van der Waals surface area contributed by atoms with Crippen LogP contribution in [0.15, 0.2) is 0 Å². The summed E-state index contributed by atoms with van der Waals surface area (Å²) in [5, 5.41) is 145. The summed E-state index contributed by atoms with van der Waals surface area (Å²) in [5.41, 5.74) is -1.64. The van der Waals surface area contributed by atoms with E-state index in [4.69, 9.17) is 56.8 Å². The molecule has 13 N–H and O–H groups in total. The molecule has 1 spiro atoms. The Kier molecular flexibility index (Phi) is 18.3. The highest BCUT2D eigenvalue weighted by molar-refractivity contribution is 5.65. The van der Waals surface area contributed by atoms with E-state index >= 15 is 0 Å². The van der Waals surface area contributed by atoms with Crippen LogP contribution in [0.5, 0.6) is 0 Å². The topological polar surface area (TPSA) is 391 Å². The molecule has 0 aromatic rings. The maximum atomic E-state index is 12.8. The van der Waals surface area contributed by atoms with E-state index in [1.807, 2.05) is 0 Å². The molecule has 26 nitrogen and oxygen atoms in total. The molecule has 11 fully saturated rings. The zero-order chi connectivity index (χ0) is 62.3. The molecule has 0 unspecified atom stereocenters. The third-order valence-electron chi connectivity index (χ3n) is 24.2. The van der Waals surface area contributed by atoms with Crippen molar-refractivity contribution in [1.29, 1.82) is 0 Å². The van der Waals surface area contributed by atoms with Gasteiger partial charge >= 0.3 is 5.97 Å². The Bertz CT molecular complexity index is 2390. The normalized spacial score (nSPS) is 55.9. The number of fused-ring (bicyclic) bond motifs is 4. The summed E-state index contributed by atoms with van der Waals surface area (Å²) in [7, 11) is 0. The maximum Gasteiger partial charge on any atom is 0.302 e. The van der Waals surface area contributed by atoms with Gasteiger partial charge in [-0.25, -0.2) is 0 Å². The standard InChI is InChI=1S/C60H98O26/c1-25-36(65)41(70)44(73)50(79-25)84-46-39(68)28(20-61)80-53(48(46)86-49-43(72)37(66)27(63)21-76-49)82-30-23-77-52(47(40(30)69)85-51-45(74)42(71)38(67)29(81-51)22-75-26(2)62)83-35-12-13-56(7)31(55(35,5)6)10-14-57(8)32(56)11-15-60-33-18-54(3,4)16-17-59(33,24-78-60)34(64)19-58(57,60)9/h25,27-53,61,63-74H,10-24H2,1-9H3/t25-,27+,28+,29+,30-,31-,32+,33+,34+,35-,36-,37-,38+,39+,40-,41+,42-,43+,44+,45+,46-,47+,48+,49-,50-,51-,52-,53-,56-,57+,58-,59+,60-/m0/s1. The van der Waals surface area contributed by atoms with E-state index in [1.54, 1.807) is 0 Å². The van der Waals surface area contributed by atoms with Crippen LogP contribution < -0.4 is 0 Å². The smallest absolute Gasteiger partial charge is 0.302 e. The fraction of sp³-hybridized carbons (Fsp3) is 0.983. The van der Waals surface area contributed by atoms with Crippen LogP contribution in [0.3, 0.4) is 0 Å². The van der Waals surface area contributed by atoms with Crippen molar-refractivity contribution >= 4 is 5.97 Å². The predicted molar refractivity (Wildman–Crippen MR) is 291 cm³/mol. The second kappa shape index (κ2) is 23.8. The lowest BCUT2D eigenvalue weighted by molar-refractivity contribution is -0.404. The third kappa shape index (κ3) is 10.6. The van der Waals surface area contributed by atoms with Gasteiger partial charge in [0.2, 0.25) is 0 Å². The van der Waals surface area contributed by atoms with Gasteiger partial charge in [0.25, 0.3) is 0 Å². The van der Waals surface area contributed by atoms with Gasteiger partial charge in [0, 0.05) is 17.8 Å². The first-order chi connectivity index (χ1) is 40.3.